The lowest BCUT2D eigenvalue weighted by molar-refractivity contribution is -0.132. The van der Waals surface area contributed by atoms with Gasteiger partial charge in [-0.1, -0.05) is 0 Å². The summed E-state index contributed by atoms with van der Waals surface area (Å²) in [5.74, 6) is 2.26. The standard InChI is InChI=1S/C16H21N5O2/c1-13-17-14(11-15(18-13)23-2)20-7-9-21(10-8-20)16(22)12-19-5-3-4-6-19/h3-6,11H,7-10,12H2,1-2H3. The quantitative estimate of drug-likeness (QED) is 0.840. The molecule has 0 saturated carbocycles. The predicted octanol–water partition coefficient (Wildman–Crippen LogP) is 0.944. The number of aromatic nitrogens is 3. The summed E-state index contributed by atoms with van der Waals surface area (Å²) < 4.78 is 7.10. The van der Waals surface area contributed by atoms with Crippen LogP contribution >= 0.6 is 0 Å². The largest absolute Gasteiger partial charge is 0.481 e. The summed E-state index contributed by atoms with van der Waals surface area (Å²) >= 11 is 0. The molecular formula is C16H21N5O2. The highest BCUT2D eigenvalue weighted by Gasteiger charge is 2.22. The molecule has 1 saturated heterocycles. The second-order valence-electron chi connectivity index (χ2n) is 5.54. The summed E-state index contributed by atoms with van der Waals surface area (Å²) in [6, 6.07) is 5.69. The predicted molar refractivity (Wildman–Crippen MR) is 86.5 cm³/mol. The molecule has 0 atom stereocenters. The van der Waals surface area contributed by atoms with Crippen LogP contribution in [0.25, 0.3) is 0 Å². The van der Waals surface area contributed by atoms with Crippen molar-refractivity contribution in [2.24, 2.45) is 0 Å². The molecule has 0 radical (unpaired) electrons. The van der Waals surface area contributed by atoms with Gasteiger partial charge in [-0.05, 0) is 19.1 Å². The molecule has 7 nitrogen and oxygen atoms in total. The minimum absolute atomic E-state index is 0.150. The zero-order valence-corrected chi connectivity index (χ0v) is 13.5. The number of nitrogens with zero attached hydrogens (tertiary/aromatic N) is 5. The minimum Gasteiger partial charge on any atom is -0.481 e. The van der Waals surface area contributed by atoms with E-state index in [1.165, 1.54) is 0 Å². The van der Waals surface area contributed by atoms with Crippen LogP contribution in [0.3, 0.4) is 0 Å². The van der Waals surface area contributed by atoms with Gasteiger partial charge < -0.3 is 19.1 Å². The van der Waals surface area contributed by atoms with Gasteiger partial charge in [0.2, 0.25) is 11.8 Å². The second kappa shape index (κ2) is 6.68. The second-order valence-corrected chi connectivity index (χ2v) is 5.54. The first-order valence-corrected chi connectivity index (χ1v) is 7.69. The van der Waals surface area contributed by atoms with Crippen molar-refractivity contribution in [3.8, 4) is 5.88 Å². The van der Waals surface area contributed by atoms with E-state index in [9.17, 15) is 4.79 Å². The molecule has 0 N–H and O–H groups in total. The fraction of sp³-hybridized carbons (Fsp3) is 0.438. The lowest BCUT2D eigenvalue weighted by atomic mass is 10.3. The number of ether oxygens (including phenoxy) is 1. The molecular weight excluding hydrogens is 294 g/mol. The van der Waals surface area contributed by atoms with Crippen LogP contribution in [0.5, 0.6) is 5.88 Å². The average Bonchev–Trinajstić information content (AvgIpc) is 3.07. The number of amides is 1. The molecule has 0 aromatic carbocycles. The van der Waals surface area contributed by atoms with Gasteiger partial charge in [0.15, 0.2) is 0 Å². The molecule has 3 rings (SSSR count). The zero-order valence-electron chi connectivity index (χ0n) is 13.5. The summed E-state index contributed by atoms with van der Waals surface area (Å²) in [5, 5.41) is 0. The Labute approximate surface area is 135 Å². The Hall–Kier alpha value is -2.57. The molecule has 122 valence electrons. The number of hydrogen-bond donors (Lipinski definition) is 0. The highest BCUT2D eigenvalue weighted by molar-refractivity contribution is 5.76. The van der Waals surface area contributed by atoms with E-state index in [1.807, 2.05) is 47.0 Å². The van der Waals surface area contributed by atoms with E-state index in [0.717, 1.165) is 18.9 Å². The van der Waals surface area contributed by atoms with Gasteiger partial charge in [-0.15, -0.1) is 0 Å². The molecule has 0 unspecified atom stereocenters. The van der Waals surface area contributed by atoms with Gasteiger partial charge in [-0.2, -0.15) is 4.98 Å². The van der Waals surface area contributed by atoms with Crippen LogP contribution in [0.2, 0.25) is 0 Å². The molecule has 1 aliphatic heterocycles. The van der Waals surface area contributed by atoms with E-state index in [2.05, 4.69) is 14.9 Å². The van der Waals surface area contributed by atoms with E-state index in [0.29, 0.717) is 31.3 Å². The highest BCUT2D eigenvalue weighted by atomic mass is 16.5. The van der Waals surface area contributed by atoms with Crippen LogP contribution in [-0.4, -0.2) is 58.6 Å². The fourth-order valence-electron chi connectivity index (χ4n) is 2.71. The summed E-state index contributed by atoms with van der Waals surface area (Å²) in [7, 11) is 1.60. The van der Waals surface area contributed by atoms with Gasteiger partial charge in [0, 0.05) is 44.6 Å². The molecule has 2 aromatic heterocycles. The topological polar surface area (TPSA) is 63.5 Å². The van der Waals surface area contributed by atoms with Gasteiger partial charge in [0.25, 0.3) is 0 Å². The van der Waals surface area contributed by atoms with Gasteiger partial charge in [0.1, 0.15) is 18.2 Å². The van der Waals surface area contributed by atoms with E-state index >= 15 is 0 Å². The number of carbonyl (C=O) groups excluding carboxylic acids is 1. The third-order valence-electron chi connectivity index (χ3n) is 3.95. The van der Waals surface area contributed by atoms with Crippen molar-refractivity contribution in [2.75, 3.05) is 38.2 Å². The van der Waals surface area contributed by atoms with Crippen molar-refractivity contribution < 1.29 is 9.53 Å². The summed E-state index contributed by atoms with van der Waals surface area (Å²) in [6.45, 7) is 5.17. The number of methoxy groups -OCH3 is 1. The molecule has 23 heavy (non-hydrogen) atoms. The smallest absolute Gasteiger partial charge is 0.242 e. The molecule has 3 heterocycles. The third kappa shape index (κ3) is 3.61. The number of carbonyl (C=O) groups is 1. The Kier molecular flexibility index (Phi) is 4.45. The molecule has 1 fully saturated rings. The third-order valence-corrected chi connectivity index (χ3v) is 3.95. The van der Waals surface area contributed by atoms with Crippen molar-refractivity contribution in [3.05, 3.63) is 36.4 Å². The normalized spacial score (nSPS) is 14.9. The van der Waals surface area contributed by atoms with Crippen molar-refractivity contribution in [3.63, 3.8) is 0 Å². The molecule has 1 aliphatic rings. The summed E-state index contributed by atoms with van der Waals surface area (Å²) in [5.41, 5.74) is 0. The first-order chi connectivity index (χ1) is 11.2. The van der Waals surface area contributed by atoms with E-state index < -0.39 is 0 Å². The number of anilines is 1. The Morgan fingerprint density at radius 1 is 1.17 bits per heavy atom. The lowest BCUT2D eigenvalue weighted by Crippen LogP contribution is -2.49. The van der Waals surface area contributed by atoms with Crippen molar-refractivity contribution >= 4 is 11.7 Å². The Morgan fingerprint density at radius 3 is 2.52 bits per heavy atom. The first-order valence-electron chi connectivity index (χ1n) is 7.69. The van der Waals surface area contributed by atoms with Crippen molar-refractivity contribution in [1.82, 2.24) is 19.4 Å². The van der Waals surface area contributed by atoms with Crippen molar-refractivity contribution in [2.45, 2.75) is 13.5 Å². The molecule has 0 bridgehead atoms. The Balaban J connectivity index is 1.60. The maximum absolute atomic E-state index is 12.3. The van der Waals surface area contributed by atoms with Crippen LogP contribution < -0.4 is 9.64 Å². The van der Waals surface area contributed by atoms with Gasteiger partial charge in [0.05, 0.1) is 7.11 Å². The fourth-order valence-corrected chi connectivity index (χ4v) is 2.71. The number of hydrogen-bond acceptors (Lipinski definition) is 5. The molecule has 7 heteroatoms. The molecule has 2 aromatic rings. The van der Waals surface area contributed by atoms with Crippen LogP contribution in [0, 0.1) is 6.92 Å². The summed E-state index contributed by atoms with van der Waals surface area (Å²) in [6.07, 6.45) is 3.81. The van der Waals surface area contributed by atoms with Crippen LogP contribution in [0.15, 0.2) is 30.6 Å². The number of aryl methyl sites for hydroxylation is 1. The van der Waals surface area contributed by atoms with Gasteiger partial charge in [-0.25, -0.2) is 4.98 Å². The van der Waals surface area contributed by atoms with Gasteiger partial charge >= 0.3 is 0 Å². The Morgan fingerprint density at radius 2 is 1.87 bits per heavy atom. The first kappa shape index (κ1) is 15.3. The van der Waals surface area contributed by atoms with Crippen molar-refractivity contribution in [1.29, 1.82) is 0 Å². The van der Waals surface area contributed by atoms with Crippen LogP contribution in [-0.2, 0) is 11.3 Å². The molecule has 0 spiro atoms. The minimum atomic E-state index is 0.150. The van der Waals surface area contributed by atoms with Crippen LogP contribution in [0.4, 0.5) is 5.82 Å². The summed E-state index contributed by atoms with van der Waals surface area (Å²) in [4.78, 5) is 25.0. The van der Waals surface area contributed by atoms with E-state index in [4.69, 9.17) is 4.74 Å². The van der Waals surface area contributed by atoms with E-state index in [1.54, 1.807) is 7.11 Å². The molecule has 1 amide bonds. The molecule has 0 aliphatic carbocycles. The SMILES string of the molecule is COc1cc(N2CCN(C(=O)Cn3cccc3)CC2)nc(C)n1. The maximum Gasteiger partial charge on any atom is 0.242 e. The van der Waals surface area contributed by atoms with Gasteiger partial charge in [-0.3, -0.25) is 4.79 Å². The maximum atomic E-state index is 12.3. The Bertz CT molecular complexity index is 663. The van der Waals surface area contributed by atoms with E-state index in [-0.39, 0.29) is 5.91 Å². The zero-order chi connectivity index (χ0) is 16.2. The number of rotatable bonds is 4. The monoisotopic (exact) mass is 315 g/mol. The van der Waals surface area contributed by atoms with Crippen LogP contribution in [0.1, 0.15) is 5.82 Å². The average molecular weight is 315 g/mol. The number of piperazine rings is 1. The highest BCUT2D eigenvalue weighted by Crippen LogP contribution is 2.19. The lowest BCUT2D eigenvalue weighted by Gasteiger charge is -2.35.